The molecule has 2 N–H and O–H groups in total. The quantitative estimate of drug-likeness (QED) is 0.428. The molecule has 0 saturated carbocycles. The molecule has 24 heavy (non-hydrogen) atoms. The van der Waals surface area contributed by atoms with Crippen LogP contribution in [0.1, 0.15) is 0 Å². The summed E-state index contributed by atoms with van der Waals surface area (Å²) in [4.78, 5) is 10.5. The molecule has 0 spiro atoms. The Morgan fingerprint density at radius 2 is 1.38 bits per heavy atom. The van der Waals surface area contributed by atoms with E-state index in [2.05, 4.69) is 51.4 Å². The van der Waals surface area contributed by atoms with Crippen LogP contribution in [0.2, 0.25) is 0 Å². The van der Waals surface area contributed by atoms with E-state index in [9.17, 15) is 0 Å². The Balaban J connectivity index is 0.000000138. The van der Waals surface area contributed by atoms with Crippen LogP contribution in [0.3, 0.4) is 0 Å². The van der Waals surface area contributed by atoms with Crippen LogP contribution in [0.4, 0.5) is 0 Å². The summed E-state index contributed by atoms with van der Waals surface area (Å²) in [6.45, 7) is 0. The van der Waals surface area contributed by atoms with Gasteiger partial charge in [-0.2, -0.15) is 0 Å². The molecule has 0 atom stereocenters. The Hall–Kier alpha value is -3.33. The number of hydrogen-bond acceptors (Lipinski definition) is 1. The Labute approximate surface area is 140 Å². The zero-order valence-corrected chi connectivity index (χ0v) is 13.1. The van der Waals surface area contributed by atoms with Gasteiger partial charge in [0, 0.05) is 46.3 Å². The van der Waals surface area contributed by atoms with Gasteiger partial charge >= 0.3 is 0 Å². The van der Waals surface area contributed by atoms with E-state index in [4.69, 9.17) is 0 Å². The van der Waals surface area contributed by atoms with Crippen LogP contribution in [-0.4, -0.2) is 15.0 Å². The third-order valence-corrected chi connectivity index (χ3v) is 3.98. The topological polar surface area (TPSA) is 44.5 Å². The van der Waals surface area contributed by atoms with Crippen LogP contribution in [0.5, 0.6) is 0 Å². The average molecular weight is 311 g/mol. The highest BCUT2D eigenvalue weighted by Crippen LogP contribution is 2.22. The lowest BCUT2D eigenvalue weighted by Gasteiger charge is -1.94. The second-order valence-electron chi connectivity index (χ2n) is 5.57. The fraction of sp³-hybridized carbons (Fsp3) is 0. The molecule has 3 aromatic heterocycles. The Morgan fingerprint density at radius 1 is 0.667 bits per heavy atom. The Bertz CT molecular complexity index is 995. The standard InChI is InChI=1S/C13H10N2.C8H7N/c1-2-4-12-11(3-1)9-13(15-12)10-5-7-14-8-6-10;1-2-4-8-7(3-1)5-6-9-8/h1-9,15H;1-6,9H. The molecule has 0 amide bonds. The first-order valence-corrected chi connectivity index (χ1v) is 7.90. The normalized spacial score (nSPS) is 10.5. The van der Waals surface area contributed by atoms with E-state index in [0.717, 1.165) is 5.69 Å². The maximum absolute atomic E-state index is 4.01. The largest absolute Gasteiger partial charge is 0.361 e. The highest BCUT2D eigenvalue weighted by molar-refractivity contribution is 5.85. The van der Waals surface area contributed by atoms with Gasteiger partial charge in [0.25, 0.3) is 0 Å². The predicted molar refractivity (Wildman–Crippen MR) is 99.8 cm³/mol. The minimum absolute atomic E-state index is 1.14. The summed E-state index contributed by atoms with van der Waals surface area (Å²) in [5, 5.41) is 2.52. The highest BCUT2D eigenvalue weighted by atomic mass is 14.7. The number of aromatic amines is 2. The van der Waals surface area contributed by atoms with Crippen molar-refractivity contribution >= 4 is 21.8 Å². The molecule has 5 rings (SSSR count). The number of hydrogen-bond donors (Lipinski definition) is 2. The summed E-state index contributed by atoms with van der Waals surface area (Å²) in [5.41, 5.74) is 4.68. The second kappa shape index (κ2) is 6.42. The van der Waals surface area contributed by atoms with E-state index in [1.807, 2.05) is 42.6 Å². The third kappa shape index (κ3) is 2.92. The number of H-pyrrole nitrogens is 2. The molecule has 0 fully saturated rings. The Morgan fingerprint density at radius 3 is 2.12 bits per heavy atom. The first-order chi connectivity index (χ1) is 11.9. The molecule has 116 valence electrons. The summed E-state index contributed by atoms with van der Waals surface area (Å²) in [7, 11) is 0. The minimum atomic E-state index is 1.14. The van der Waals surface area contributed by atoms with Crippen molar-refractivity contribution in [2.75, 3.05) is 0 Å². The SMILES string of the molecule is c1ccc2[nH]c(-c3ccncc3)cc2c1.c1ccc2[nH]ccc2c1. The summed E-state index contributed by atoms with van der Waals surface area (Å²) in [5.74, 6) is 0. The maximum Gasteiger partial charge on any atom is 0.0465 e. The van der Waals surface area contributed by atoms with Gasteiger partial charge in [0.2, 0.25) is 0 Å². The molecule has 0 aliphatic heterocycles. The summed E-state index contributed by atoms with van der Waals surface area (Å²) >= 11 is 0. The van der Waals surface area contributed by atoms with Gasteiger partial charge in [-0.25, -0.2) is 0 Å². The van der Waals surface area contributed by atoms with Crippen molar-refractivity contribution in [3.05, 3.63) is 91.4 Å². The van der Waals surface area contributed by atoms with Gasteiger partial charge in [-0.1, -0.05) is 36.4 Å². The molecule has 3 heteroatoms. The van der Waals surface area contributed by atoms with E-state index in [1.54, 1.807) is 12.4 Å². The van der Waals surface area contributed by atoms with Crippen LogP contribution in [-0.2, 0) is 0 Å². The van der Waals surface area contributed by atoms with Gasteiger partial charge in [0.1, 0.15) is 0 Å². The van der Waals surface area contributed by atoms with Gasteiger partial charge < -0.3 is 9.97 Å². The lowest BCUT2D eigenvalue weighted by Crippen LogP contribution is -1.76. The number of aromatic nitrogens is 3. The van der Waals surface area contributed by atoms with Gasteiger partial charge in [-0.05, 0) is 41.8 Å². The number of para-hydroxylation sites is 2. The van der Waals surface area contributed by atoms with Gasteiger partial charge in [-0.15, -0.1) is 0 Å². The molecule has 0 unspecified atom stereocenters. The summed E-state index contributed by atoms with van der Waals surface area (Å²) in [6.07, 6.45) is 5.56. The number of pyridine rings is 1. The van der Waals surface area contributed by atoms with Crippen molar-refractivity contribution in [3.8, 4) is 11.3 Å². The average Bonchev–Trinajstić information content (AvgIpc) is 3.29. The third-order valence-electron chi connectivity index (χ3n) is 3.98. The number of nitrogens with zero attached hydrogens (tertiary/aromatic N) is 1. The van der Waals surface area contributed by atoms with E-state index >= 15 is 0 Å². The van der Waals surface area contributed by atoms with E-state index in [-0.39, 0.29) is 0 Å². The van der Waals surface area contributed by atoms with Crippen molar-refractivity contribution < 1.29 is 0 Å². The summed E-state index contributed by atoms with van der Waals surface area (Å²) < 4.78 is 0. The van der Waals surface area contributed by atoms with Crippen molar-refractivity contribution in [1.29, 1.82) is 0 Å². The maximum atomic E-state index is 4.01. The predicted octanol–water partition coefficient (Wildman–Crippen LogP) is 5.40. The molecule has 0 bridgehead atoms. The van der Waals surface area contributed by atoms with Gasteiger partial charge in [0.05, 0.1) is 0 Å². The summed E-state index contributed by atoms with van der Waals surface area (Å²) in [6, 6.07) is 24.7. The van der Waals surface area contributed by atoms with Crippen LogP contribution >= 0.6 is 0 Å². The zero-order chi connectivity index (χ0) is 16.2. The number of nitrogens with one attached hydrogen (secondary N) is 2. The molecule has 3 heterocycles. The molecule has 0 saturated heterocycles. The van der Waals surface area contributed by atoms with Crippen LogP contribution in [0, 0.1) is 0 Å². The van der Waals surface area contributed by atoms with Crippen molar-refractivity contribution in [2.45, 2.75) is 0 Å². The molecule has 3 nitrogen and oxygen atoms in total. The first kappa shape index (κ1) is 14.3. The number of benzene rings is 2. The fourth-order valence-electron chi connectivity index (χ4n) is 2.76. The van der Waals surface area contributed by atoms with Crippen molar-refractivity contribution in [2.24, 2.45) is 0 Å². The zero-order valence-electron chi connectivity index (χ0n) is 13.1. The van der Waals surface area contributed by atoms with E-state index in [1.165, 1.54) is 27.4 Å². The molecule has 0 aliphatic rings. The molecule has 0 radical (unpaired) electrons. The highest BCUT2D eigenvalue weighted by Gasteiger charge is 2.01. The number of rotatable bonds is 1. The monoisotopic (exact) mass is 311 g/mol. The fourth-order valence-corrected chi connectivity index (χ4v) is 2.76. The van der Waals surface area contributed by atoms with Gasteiger partial charge in [-0.3, -0.25) is 4.98 Å². The Kier molecular flexibility index (Phi) is 3.82. The van der Waals surface area contributed by atoms with E-state index < -0.39 is 0 Å². The lowest BCUT2D eigenvalue weighted by molar-refractivity contribution is 1.32. The molecule has 5 aromatic rings. The lowest BCUT2D eigenvalue weighted by atomic mass is 10.2. The second-order valence-corrected chi connectivity index (χ2v) is 5.57. The smallest absolute Gasteiger partial charge is 0.0465 e. The van der Waals surface area contributed by atoms with Crippen LogP contribution < -0.4 is 0 Å². The van der Waals surface area contributed by atoms with Gasteiger partial charge in [0.15, 0.2) is 0 Å². The van der Waals surface area contributed by atoms with Crippen molar-refractivity contribution in [1.82, 2.24) is 15.0 Å². The molecular formula is C21H17N3. The van der Waals surface area contributed by atoms with Crippen LogP contribution in [0.25, 0.3) is 33.1 Å². The molecule has 2 aromatic carbocycles. The molecule has 0 aliphatic carbocycles. The number of fused-ring (bicyclic) bond motifs is 2. The van der Waals surface area contributed by atoms with Crippen molar-refractivity contribution in [3.63, 3.8) is 0 Å². The minimum Gasteiger partial charge on any atom is -0.361 e. The van der Waals surface area contributed by atoms with E-state index in [0.29, 0.717) is 0 Å². The molecular weight excluding hydrogens is 294 g/mol. The first-order valence-electron chi connectivity index (χ1n) is 7.90. The van der Waals surface area contributed by atoms with Crippen LogP contribution in [0.15, 0.2) is 91.4 Å².